The van der Waals surface area contributed by atoms with Crippen molar-refractivity contribution in [3.8, 4) is 0 Å². The Bertz CT molecular complexity index is 268. The van der Waals surface area contributed by atoms with Crippen LogP contribution >= 0.6 is 11.3 Å². The topological polar surface area (TPSA) is 24.6 Å². The SMILES string of the molecule is [C-]#[N+]/C(=C\O)c1ccsc1. The molecule has 0 aromatic carbocycles. The number of aliphatic hydroxyl groups is 1. The monoisotopic (exact) mass is 151 g/mol. The Hall–Kier alpha value is -1.27. The van der Waals surface area contributed by atoms with Crippen LogP contribution in [0, 0.1) is 6.57 Å². The second-order valence-corrected chi connectivity index (χ2v) is 2.42. The van der Waals surface area contributed by atoms with E-state index < -0.39 is 0 Å². The summed E-state index contributed by atoms with van der Waals surface area (Å²) < 4.78 is 0. The van der Waals surface area contributed by atoms with Gasteiger partial charge in [0.15, 0.2) is 0 Å². The van der Waals surface area contributed by atoms with E-state index in [1.807, 2.05) is 10.8 Å². The zero-order valence-electron chi connectivity index (χ0n) is 5.11. The maximum absolute atomic E-state index is 8.53. The summed E-state index contributed by atoms with van der Waals surface area (Å²) in [6.45, 7) is 6.64. The van der Waals surface area contributed by atoms with Crippen LogP contribution in [-0.2, 0) is 0 Å². The van der Waals surface area contributed by atoms with Gasteiger partial charge in [0.1, 0.15) is 0 Å². The van der Waals surface area contributed by atoms with Crippen LogP contribution < -0.4 is 0 Å². The molecule has 0 atom stereocenters. The van der Waals surface area contributed by atoms with Gasteiger partial charge in [0.2, 0.25) is 5.70 Å². The van der Waals surface area contributed by atoms with E-state index in [2.05, 4.69) is 4.85 Å². The molecule has 10 heavy (non-hydrogen) atoms. The normalized spacial score (nSPS) is 10.9. The fourth-order valence-corrected chi connectivity index (χ4v) is 1.23. The van der Waals surface area contributed by atoms with Crippen LogP contribution in [0.1, 0.15) is 5.56 Å². The van der Waals surface area contributed by atoms with E-state index in [1.165, 1.54) is 11.3 Å². The van der Waals surface area contributed by atoms with Gasteiger partial charge >= 0.3 is 0 Å². The Balaban J connectivity index is 2.99. The highest BCUT2D eigenvalue weighted by molar-refractivity contribution is 7.08. The van der Waals surface area contributed by atoms with Crippen LogP contribution in [0.3, 0.4) is 0 Å². The first-order valence-electron chi connectivity index (χ1n) is 2.63. The molecule has 0 radical (unpaired) electrons. The van der Waals surface area contributed by atoms with E-state index in [0.29, 0.717) is 5.70 Å². The summed E-state index contributed by atoms with van der Waals surface area (Å²) >= 11 is 1.50. The Morgan fingerprint density at radius 2 is 2.60 bits per heavy atom. The average Bonchev–Trinajstić information content (AvgIpc) is 2.43. The van der Waals surface area contributed by atoms with Gasteiger partial charge in [-0.2, -0.15) is 11.3 Å². The Morgan fingerprint density at radius 3 is 3.00 bits per heavy atom. The quantitative estimate of drug-likeness (QED) is 0.484. The smallest absolute Gasteiger partial charge is 0.228 e. The standard InChI is InChI=1S/C7H5NOS/c1-8-7(4-9)6-2-3-10-5-6/h2-5,9H/b7-4-. The number of rotatable bonds is 1. The molecular weight excluding hydrogens is 146 g/mol. The van der Waals surface area contributed by atoms with Gasteiger partial charge in [0.25, 0.3) is 0 Å². The molecule has 0 saturated carbocycles. The third-order valence-electron chi connectivity index (χ3n) is 1.06. The van der Waals surface area contributed by atoms with Crippen LogP contribution in [0.5, 0.6) is 0 Å². The van der Waals surface area contributed by atoms with E-state index in [4.69, 9.17) is 11.7 Å². The first kappa shape index (κ1) is 6.84. The molecule has 1 N–H and O–H groups in total. The molecule has 0 aliphatic carbocycles. The largest absolute Gasteiger partial charge is 0.527 e. The van der Waals surface area contributed by atoms with E-state index in [-0.39, 0.29) is 0 Å². The molecule has 0 aliphatic heterocycles. The lowest BCUT2D eigenvalue weighted by Gasteiger charge is -1.86. The average molecular weight is 151 g/mol. The summed E-state index contributed by atoms with van der Waals surface area (Å²) in [5.41, 5.74) is 1.07. The lowest BCUT2D eigenvalue weighted by Crippen LogP contribution is -1.70. The second kappa shape index (κ2) is 3.04. The molecule has 1 heterocycles. The van der Waals surface area contributed by atoms with Crippen LogP contribution in [0.15, 0.2) is 23.1 Å². The van der Waals surface area contributed by atoms with E-state index >= 15 is 0 Å². The summed E-state index contributed by atoms with van der Waals surface area (Å²) in [6.07, 6.45) is 0.828. The van der Waals surface area contributed by atoms with Gasteiger partial charge in [-0.15, -0.1) is 0 Å². The van der Waals surface area contributed by atoms with E-state index in [9.17, 15) is 0 Å². The minimum absolute atomic E-state index is 0.293. The molecule has 0 saturated heterocycles. The summed E-state index contributed by atoms with van der Waals surface area (Å²) in [6, 6.07) is 1.80. The van der Waals surface area contributed by atoms with Gasteiger partial charge in [-0.3, -0.25) is 0 Å². The molecule has 1 rings (SSSR count). The molecule has 0 aliphatic rings. The molecule has 0 spiro atoms. The molecule has 1 aromatic rings. The van der Waals surface area contributed by atoms with E-state index in [1.54, 1.807) is 6.07 Å². The number of nitrogens with zero attached hydrogens (tertiary/aromatic N) is 1. The molecule has 2 nitrogen and oxygen atoms in total. The third kappa shape index (κ3) is 1.17. The lowest BCUT2D eigenvalue weighted by molar-refractivity contribution is 0.476. The highest BCUT2D eigenvalue weighted by Crippen LogP contribution is 2.17. The fourth-order valence-electron chi connectivity index (χ4n) is 0.578. The molecule has 3 heteroatoms. The molecule has 50 valence electrons. The molecule has 0 fully saturated rings. The highest BCUT2D eigenvalue weighted by Gasteiger charge is 1.98. The van der Waals surface area contributed by atoms with Crippen molar-refractivity contribution in [2.75, 3.05) is 0 Å². The predicted octanol–water partition coefficient (Wildman–Crippen LogP) is 2.52. The first-order chi connectivity index (χ1) is 4.88. The van der Waals surface area contributed by atoms with Crippen molar-refractivity contribution < 1.29 is 5.11 Å². The minimum Gasteiger partial charge on any atom is -0.527 e. The number of aliphatic hydroxyl groups excluding tert-OH is 1. The molecule has 0 unspecified atom stereocenters. The Kier molecular flexibility index (Phi) is 2.08. The van der Waals surface area contributed by atoms with Crippen molar-refractivity contribution in [2.24, 2.45) is 0 Å². The highest BCUT2D eigenvalue weighted by atomic mass is 32.1. The summed E-state index contributed by atoms with van der Waals surface area (Å²) in [5, 5.41) is 12.2. The zero-order chi connectivity index (χ0) is 7.40. The van der Waals surface area contributed by atoms with Gasteiger partial charge in [-0.05, 0) is 16.3 Å². The van der Waals surface area contributed by atoms with Crippen molar-refractivity contribution in [1.82, 2.24) is 0 Å². The maximum atomic E-state index is 8.53. The van der Waals surface area contributed by atoms with Gasteiger partial charge in [0.05, 0.1) is 12.8 Å². The second-order valence-electron chi connectivity index (χ2n) is 1.64. The Morgan fingerprint density at radius 1 is 1.80 bits per heavy atom. The summed E-state index contributed by atoms with van der Waals surface area (Å²) in [7, 11) is 0. The Labute approximate surface area is 62.9 Å². The number of hydrogen-bond donors (Lipinski definition) is 1. The summed E-state index contributed by atoms with van der Waals surface area (Å²) in [4.78, 5) is 3.12. The molecule has 0 amide bonds. The van der Waals surface area contributed by atoms with Gasteiger partial charge in [0, 0.05) is 0 Å². The first-order valence-corrected chi connectivity index (χ1v) is 3.57. The van der Waals surface area contributed by atoms with Crippen LogP contribution in [0.4, 0.5) is 0 Å². The van der Waals surface area contributed by atoms with Gasteiger partial charge in [-0.25, -0.2) is 4.85 Å². The predicted molar refractivity (Wildman–Crippen MR) is 41.5 cm³/mol. The maximum Gasteiger partial charge on any atom is 0.228 e. The number of thiophene rings is 1. The minimum atomic E-state index is 0.293. The third-order valence-corrected chi connectivity index (χ3v) is 1.74. The lowest BCUT2D eigenvalue weighted by atomic mass is 10.3. The summed E-state index contributed by atoms with van der Waals surface area (Å²) in [5.74, 6) is 0. The van der Waals surface area contributed by atoms with Crippen molar-refractivity contribution in [3.63, 3.8) is 0 Å². The van der Waals surface area contributed by atoms with Crippen LogP contribution in [-0.4, -0.2) is 5.11 Å². The molecule has 0 bridgehead atoms. The molecular formula is C7H5NOS. The molecule has 1 aromatic heterocycles. The van der Waals surface area contributed by atoms with Crippen molar-refractivity contribution >= 4 is 17.0 Å². The van der Waals surface area contributed by atoms with Crippen LogP contribution in [0.2, 0.25) is 0 Å². The van der Waals surface area contributed by atoms with Crippen molar-refractivity contribution in [2.45, 2.75) is 0 Å². The fraction of sp³-hybridized carbons (Fsp3) is 0. The van der Waals surface area contributed by atoms with Crippen molar-refractivity contribution in [3.05, 3.63) is 40.1 Å². The number of hydrogen-bond acceptors (Lipinski definition) is 2. The van der Waals surface area contributed by atoms with Crippen molar-refractivity contribution in [1.29, 1.82) is 0 Å². The van der Waals surface area contributed by atoms with Gasteiger partial charge < -0.3 is 5.11 Å². The zero-order valence-corrected chi connectivity index (χ0v) is 5.93. The van der Waals surface area contributed by atoms with Crippen LogP contribution in [0.25, 0.3) is 10.5 Å². The van der Waals surface area contributed by atoms with Gasteiger partial charge in [-0.1, -0.05) is 6.07 Å². The van der Waals surface area contributed by atoms with E-state index in [0.717, 1.165) is 11.8 Å².